The molecule has 0 spiro atoms. The van der Waals surface area contributed by atoms with Crippen LogP contribution in [0.4, 0.5) is 15.8 Å². The summed E-state index contributed by atoms with van der Waals surface area (Å²) in [5.41, 5.74) is 0.970. The van der Waals surface area contributed by atoms with Crippen LogP contribution in [0.5, 0.6) is 0 Å². The van der Waals surface area contributed by atoms with Gasteiger partial charge in [-0.1, -0.05) is 18.2 Å². The molecule has 2 aromatic carbocycles. The number of carbonyl (C=O) groups excluding carboxylic acids is 3. The van der Waals surface area contributed by atoms with Crippen LogP contribution in [0.3, 0.4) is 0 Å². The second-order valence-corrected chi connectivity index (χ2v) is 10.6. The maximum absolute atomic E-state index is 12.9. The van der Waals surface area contributed by atoms with Gasteiger partial charge in [0.2, 0.25) is 5.91 Å². The third kappa shape index (κ3) is 7.57. The molecular formula is C22H23FN2O6S2. The normalized spacial score (nSPS) is 16.7. The second-order valence-electron chi connectivity index (χ2n) is 7.36. The lowest BCUT2D eigenvalue weighted by Crippen LogP contribution is -2.43. The molecule has 0 bridgehead atoms. The van der Waals surface area contributed by atoms with E-state index < -0.39 is 40.2 Å². The number of benzene rings is 2. The number of hydrogen-bond donors (Lipinski definition) is 1. The van der Waals surface area contributed by atoms with Gasteiger partial charge < -0.3 is 15.0 Å². The predicted octanol–water partition coefficient (Wildman–Crippen LogP) is 2.26. The third-order valence-corrected chi connectivity index (χ3v) is 7.47. The molecule has 0 aromatic heterocycles. The first-order chi connectivity index (χ1) is 15.7. The standard InChI is InChI=1S/C22H23FN2O6S2/c23-16-6-8-17(9-7-16)24-20(26)13-32-14-22(28)31-12-21(27)25(18-4-2-1-3-5-18)19-10-11-33(29,30)15-19/h1-9,19H,10-15H2,(H,24,26)/t19-/m1/s1. The van der Waals surface area contributed by atoms with Crippen molar-refractivity contribution in [3.05, 3.63) is 60.4 Å². The van der Waals surface area contributed by atoms with Gasteiger partial charge in [0, 0.05) is 11.4 Å². The highest BCUT2D eigenvalue weighted by Crippen LogP contribution is 2.24. The summed E-state index contributed by atoms with van der Waals surface area (Å²) in [5, 5.41) is 2.58. The number of amides is 2. The number of halogens is 1. The molecule has 33 heavy (non-hydrogen) atoms. The number of anilines is 2. The zero-order chi connectivity index (χ0) is 23.8. The highest BCUT2D eigenvalue weighted by molar-refractivity contribution is 8.00. The molecule has 2 amide bonds. The van der Waals surface area contributed by atoms with E-state index >= 15 is 0 Å². The average molecular weight is 495 g/mol. The molecular weight excluding hydrogens is 471 g/mol. The third-order valence-electron chi connectivity index (χ3n) is 4.81. The molecule has 11 heteroatoms. The highest BCUT2D eigenvalue weighted by atomic mass is 32.2. The molecule has 0 aliphatic carbocycles. The van der Waals surface area contributed by atoms with Crippen molar-refractivity contribution >= 4 is 50.8 Å². The van der Waals surface area contributed by atoms with Gasteiger partial charge >= 0.3 is 5.97 Å². The molecule has 1 N–H and O–H groups in total. The molecule has 176 valence electrons. The largest absolute Gasteiger partial charge is 0.455 e. The number of thioether (sulfide) groups is 1. The molecule has 2 aromatic rings. The van der Waals surface area contributed by atoms with Crippen LogP contribution in [-0.2, 0) is 29.0 Å². The Morgan fingerprint density at radius 1 is 1.06 bits per heavy atom. The van der Waals surface area contributed by atoms with E-state index in [1.165, 1.54) is 29.2 Å². The van der Waals surface area contributed by atoms with Crippen LogP contribution in [0, 0.1) is 5.82 Å². The fraction of sp³-hybridized carbons (Fsp3) is 0.318. The summed E-state index contributed by atoms with van der Waals surface area (Å²) in [4.78, 5) is 38.1. The molecule has 8 nitrogen and oxygen atoms in total. The number of para-hydroxylation sites is 1. The van der Waals surface area contributed by atoms with Crippen LogP contribution in [0.25, 0.3) is 0 Å². The van der Waals surface area contributed by atoms with E-state index in [2.05, 4.69) is 5.32 Å². The number of hydrogen-bond acceptors (Lipinski definition) is 7. The molecule has 1 fully saturated rings. The number of rotatable bonds is 9. The van der Waals surface area contributed by atoms with Crippen molar-refractivity contribution in [3.8, 4) is 0 Å². The molecule has 0 radical (unpaired) electrons. The molecule has 0 unspecified atom stereocenters. The number of nitrogens with one attached hydrogen (secondary N) is 1. The van der Waals surface area contributed by atoms with Crippen molar-refractivity contribution in [2.75, 3.05) is 39.8 Å². The smallest absolute Gasteiger partial charge is 0.316 e. The van der Waals surface area contributed by atoms with Crippen LogP contribution < -0.4 is 10.2 Å². The fourth-order valence-corrected chi connectivity index (χ4v) is 5.65. The maximum Gasteiger partial charge on any atom is 0.316 e. The zero-order valence-corrected chi connectivity index (χ0v) is 19.2. The molecule has 1 aliphatic heterocycles. The first-order valence-corrected chi connectivity index (χ1v) is 13.1. The van der Waals surface area contributed by atoms with Crippen LogP contribution in [0.15, 0.2) is 54.6 Å². The Labute approximate surface area is 195 Å². The Kier molecular flexibility index (Phi) is 8.45. The lowest BCUT2D eigenvalue weighted by atomic mass is 10.2. The van der Waals surface area contributed by atoms with Crippen molar-refractivity contribution < 1.29 is 31.9 Å². The van der Waals surface area contributed by atoms with E-state index in [1.807, 2.05) is 0 Å². The van der Waals surface area contributed by atoms with Crippen LogP contribution in [0.2, 0.25) is 0 Å². The van der Waals surface area contributed by atoms with Gasteiger partial charge in [-0.15, -0.1) is 11.8 Å². The van der Waals surface area contributed by atoms with E-state index in [0.717, 1.165) is 11.8 Å². The van der Waals surface area contributed by atoms with E-state index in [0.29, 0.717) is 17.8 Å². The van der Waals surface area contributed by atoms with Gasteiger partial charge in [0.15, 0.2) is 16.4 Å². The summed E-state index contributed by atoms with van der Waals surface area (Å²) in [6.07, 6.45) is 0.315. The van der Waals surface area contributed by atoms with Crippen molar-refractivity contribution in [1.29, 1.82) is 0 Å². The summed E-state index contributed by atoms with van der Waals surface area (Å²) in [6, 6.07) is 13.4. The average Bonchev–Trinajstić information content (AvgIpc) is 3.14. The van der Waals surface area contributed by atoms with E-state index in [-0.39, 0.29) is 28.9 Å². The Hall–Kier alpha value is -2.92. The van der Waals surface area contributed by atoms with Gasteiger partial charge in [0.25, 0.3) is 5.91 Å². The van der Waals surface area contributed by atoms with Gasteiger partial charge in [-0.25, -0.2) is 12.8 Å². The van der Waals surface area contributed by atoms with Crippen LogP contribution in [-0.4, -0.2) is 61.9 Å². The van der Waals surface area contributed by atoms with Crippen LogP contribution in [0.1, 0.15) is 6.42 Å². The predicted molar refractivity (Wildman–Crippen MR) is 124 cm³/mol. The van der Waals surface area contributed by atoms with Crippen molar-refractivity contribution in [3.63, 3.8) is 0 Å². The number of sulfone groups is 1. The Morgan fingerprint density at radius 3 is 2.39 bits per heavy atom. The van der Waals surface area contributed by atoms with E-state index in [9.17, 15) is 27.2 Å². The summed E-state index contributed by atoms with van der Waals surface area (Å²) in [7, 11) is -3.22. The number of nitrogens with zero attached hydrogens (tertiary/aromatic N) is 1. The number of esters is 1. The van der Waals surface area contributed by atoms with E-state index in [1.54, 1.807) is 30.3 Å². The highest BCUT2D eigenvalue weighted by Gasteiger charge is 2.35. The zero-order valence-electron chi connectivity index (χ0n) is 17.6. The first-order valence-electron chi connectivity index (χ1n) is 10.1. The number of ether oxygens (including phenoxy) is 1. The lowest BCUT2D eigenvalue weighted by Gasteiger charge is -2.28. The first kappa shape index (κ1) is 24.7. The molecule has 1 saturated heterocycles. The van der Waals surface area contributed by atoms with Crippen molar-refractivity contribution in [2.24, 2.45) is 0 Å². The minimum absolute atomic E-state index is 0.00466. The molecule has 0 saturated carbocycles. The topological polar surface area (TPSA) is 110 Å². The fourth-order valence-electron chi connectivity index (χ4n) is 3.34. The molecule has 1 heterocycles. The second kappa shape index (κ2) is 11.3. The lowest BCUT2D eigenvalue weighted by molar-refractivity contribution is -0.145. The minimum atomic E-state index is -3.22. The Balaban J connectivity index is 1.47. The summed E-state index contributed by atoms with van der Waals surface area (Å²) >= 11 is 1.01. The summed E-state index contributed by atoms with van der Waals surface area (Å²) in [5.74, 6) is -2.28. The van der Waals surface area contributed by atoms with Gasteiger partial charge in [0.1, 0.15) is 5.82 Å². The molecule has 1 atom stereocenters. The van der Waals surface area contributed by atoms with Gasteiger partial charge in [0.05, 0.1) is 29.1 Å². The maximum atomic E-state index is 12.9. The Morgan fingerprint density at radius 2 is 1.76 bits per heavy atom. The van der Waals surface area contributed by atoms with Gasteiger partial charge in [-0.3, -0.25) is 14.4 Å². The SMILES string of the molecule is O=C(CSCC(=O)OCC(=O)N(c1ccccc1)[C@@H]1CCS(=O)(=O)C1)Nc1ccc(F)cc1. The molecule has 1 aliphatic rings. The van der Waals surface area contributed by atoms with Crippen molar-refractivity contribution in [2.45, 2.75) is 12.5 Å². The Bertz CT molecular complexity index is 1090. The van der Waals surface area contributed by atoms with E-state index in [4.69, 9.17) is 4.74 Å². The monoisotopic (exact) mass is 494 g/mol. The molecule has 3 rings (SSSR count). The minimum Gasteiger partial charge on any atom is -0.455 e. The van der Waals surface area contributed by atoms with Gasteiger partial charge in [-0.2, -0.15) is 0 Å². The number of carbonyl (C=O) groups is 3. The van der Waals surface area contributed by atoms with Crippen molar-refractivity contribution in [1.82, 2.24) is 0 Å². The van der Waals surface area contributed by atoms with Gasteiger partial charge in [-0.05, 0) is 42.8 Å². The van der Waals surface area contributed by atoms with Crippen LogP contribution >= 0.6 is 11.8 Å². The quantitative estimate of drug-likeness (QED) is 0.533. The summed E-state index contributed by atoms with van der Waals surface area (Å²) in [6.45, 7) is -0.535. The summed E-state index contributed by atoms with van der Waals surface area (Å²) < 4.78 is 41.7.